The van der Waals surface area contributed by atoms with E-state index in [-0.39, 0.29) is 11.4 Å². The lowest BCUT2D eigenvalue weighted by Gasteiger charge is -2.02. The molecule has 0 aliphatic carbocycles. The Morgan fingerprint density at radius 3 is 2.73 bits per heavy atom. The van der Waals surface area contributed by atoms with Crippen LogP contribution in [0.2, 0.25) is 0 Å². The summed E-state index contributed by atoms with van der Waals surface area (Å²) in [4.78, 5) is 4.36. The lowest BCUT2D eigenvalue weighted by Crippen LogP contribution is -2.22. The SMILES string of the molecule is Cc1csc(CNS(=O)(=O)c2cnn(-c3ccccc3)c2)n1. The second-order valence-corrected chi connectivity index (χ2v) is 7.37. The van der Waals surface area contributed by atoms with Crippen molar-refractivity contribution in [1.82, 2.24) is 19.5 Å². The Morgan fingerprint density at radius 1 is 1.27 bits per heavy atom. The summed E-state index contributed by atoms with van der Waals surface area (Å²) in [6.07, 6.45) is 2.83. The minimum atomic E-state index is -3.60. The van der Waals surface area contributed by atoms with Gasteiger partial charge in [0.25, 0.3) is 0 Å². The fraction of sp³-hybridized carbons (Fsp3) is 0.143. The molecule has 2 aromatic heterocycles. The molecule has 0 atom stereocenters. The topological polar surface area (TPSA) is 76.9 Å². The number of rotatable bonds is 5. The summed E-state index contributed by atoms with van der Waals surface area (Å²) in [5.74, 6) is 0. The van der Waals surface area contributed by atoms with Gasteiger partial charge in [-0.1, -0.05) is 18.2 Å². The molecular weight excluding hydrogens is 320 g/mol. The summed E-state index contributed by atoms with van der Waals surface area (Å²) in [6, 6.07) is 9.34. The first-order valence-electron chi connectivity index (χ1n) is 6.55. The van der Waals surface area contributed by atoms with Gasteiger partial charge in [-0.2, -0.15) is 5.10 Å². The van der Waals surface area contributed by atoms with E-state index in [1.165, 1.54) is 28.4 Å². The van der Waals surface area contributed by atoms with Gasteiger partial charge in [0, 0.05) is 11.1 Å². The second kappa shape index (κ2) is 5.99. The fourth-order valence-corrected chi connectivity index (χ4v) is 3.61. The molecule has 0 aliphatic heterocycles. The van der Waals surface area contributed by atoms with E-state index in [0.29, 0.717) is 0 Å². The van der Waals surface area contributed by atoms with Crippen LogP contribution in [0.25, 0.3) is 5.69 Å². The number of nitrogens with zero attached hydrogens (tertiary/aromatic N) is 3. The zero-order valence-electron chi connectivity index (χ0n) is 11.8. The molecule has 1 aromatic carbocycles. The molecule has 0 bridgehead atoms. The van der Waals surface area contributed by atoms with Crippen LogP contribution >= 0.6 is 11.3 Å². The Morgan fingerprint density at radius 2 is 2.05 bits per heavy atom. The molecular formula is C14H14N4O2S2. The predicted molar refractivity (Wildman–Crippen MR) is 84.4 cm³/mol. The van der Waals surface area contributed by atoms with E-state index in [4.69, 9.17) is 0 Å². The molecule has 2 heterocycles. The van der Waals surface area contributed by atoms with Crippen molar-refractivity contribution in [3.05, 3.63) is 58.8 Å². The van der Waals surface area contributed by atoms with Crippen LogP contribution in [-0.2, 0) is 16.6 Å². The first-order chi connectivity index (χ1) is 10.5. The van der Waals surface area contributed by atoms with Crippen molar-refractivity contribution >= 4 is 21.4 Å². The van der Waals surface area contributed by atoms with E-state index in [1.807, 2.05) is 42.6 Å². The number of hydrogen-bond acceptors (Lipinski definition) is 5. The van der Waals surface area contributed by atoms with Gasteiger partial charge < -0.3 is 0 Å². The van der Waals surface area contributed by atoms with Crippen LogP contribution in [0, 0.1) is 6.92 Å². The molecule has 3 aromatic rings. The maximum atomic E-state index is 12.3. The zero-order valence-corrected chi connectivity index (χ0v) is 13.4. The predicted octanol–water partition coefficient (Wildman–Crippen LogP) is 2.12. The smallest absolute Gasteiger partial charge is 0.244 e. The third kappa shape index (κ3) is 3.24. The standard InChI is InChI=1S/C14H14N4O2S2/c1-11-10-21-14(17-11)8-16-22(19,20)13-7-15-18(9-13)12-5-3-2-4-6-12/h2-7,9-10,16H,8H2,1H3. The number of sulfonamides is 1. The van der Waals surface area contributed by atoms with Gasteiger partial charge in [0.1, 0.15) is 9.90 Å². The summed E-state index contributed by atoms with van der Waals surface area (Å²) < 4.78 is 28.6. The maximum Gasteiger partial charge on any atom is 0.244 e. The van der Waals surface area contributed by atoms with Crippen LogP contribution in [0.4, 0.5) is 0 Å². The Bertz CT molecular complexity index is 869. The molecule has 6 nitrogen and oxygen atoms in total. The Balaban J connectivity index is 1.77. The van der Waals surface area contributed by atoms with E-state index < -0.39 is 10.0 Å². The molecule has 0 fully saturated rings. The number of benzene rings is 1. The van der Waals surface area contributed by atoms with Crippen LogP contribution in [0.1, 0.15) is 10.7 Å². The summed E-state index contributed by atoms with van der Waals surface area (Å²) >= 11 is 1.43. The van der Waals surface area contributed by atoms with Crippen molar-refractivity contribution in [2.75, 3.05) is 0 Å². The van der Waals surface area contributed by atoms with Crippen LogP contribution in [0.15, 0.2) is 53.0 Å². The van der Waals surface area contributed by atoms with E-state index in [2.05, 4.69) is 14.8 Å². The Labute approximate surface area is 132 Å². The van der Waals surface area contributed by atoms with E-state index in [9.17, 15) is 8.42 Å². The van der Waals surface area contributed by atoms with Crippen LogP contribution in [0.3, 0.4) is 0 Å². The number of aromatic nitrogens is 3. The number of aryl methyl sites for hydroxylation is 1. The van der Waals surface area contributed by atoms with Crippen LogP contribution in [-0.4, -0.2) is 23.2 Å². The van der Waals surface area contributed by atoms with Crippen molar-refractivity contribution in [2.24, 2.45) is 0 Å². The highest BCUT2D eigenvalue weighted by molar-refractivity contribution is 7.89. The molecule has 114 valence electrons. The van der Waals surface area contributed by atoms with E-state index in [0.717, 1.165) is 16.4 Å². The Kier molecular flexibility index (Phi) is 4.06. The maximum absolute atomic E-state index is 12.3. The Hall–Kier alpha value is -2.03. The molecule has 0 unspecified atom stereocenters. The molecule has 0 amide bonds. The molecule has 0 radical (unpaired) electrons. The zero-order chi connectivity index (χ0) is 15.6. The largest absolute Gasteiger partial charge is 0.245 e. The summed E-state index contributed by atoms with van der Waals surface area (Å²) in [6.45, 7) is 2.05. The minimum absolute atomic E-state index is 0.129. The molecule has 0 saturated heterocycles. The van der Waals surface area contributed by atoms with Gasteiger partial charge in [-0.05, 0) is 19.1 Å². The minimum Gasteiger partial charge on any atom is -0.245 e. The lowest BCUT2D eigenvalue weighted by molar-refractivity contribution is 0.581. The van der Waals surface area contributed by atoms with Crippen molar-refractivity contribution in [3.63, 3.8) is 0 Å². The summed E-state index contributed by atoms with van der Waals surface area (Å²) in [5.41, 5.74) is 1.69. The van der Waals surface area contributed by atoms with E-state index >= 15 is 0 Å². The normalized spacial score (nSPS) is 11.7. The van der Waals surface area contributed by atoms with Crippen molar-refractivity contribution < 1.29 is 8.42 Å². The van der Waals surface area contributed by atoms with Crippen molar-refractivity contribution in [3.8, 4) is 5.69 Å². The first-order valence-corrected chi connectivity index (χ1v) is 8.92. The number of nitrogens with one attached hydrogen (secondary N) is 1. The lowest BCUT2D eigenvalue weighted by atomic mass is 10.3. The molecule has 0 aliphatic rings. The monoisotopic (exact) mass is 334 g/mol. The number of thiazole rings is 1. The average Bonchev–Trinajstić information content (AvgIpc) is 3.15. The van der Waals surface area contributed by atoms with Crippen molar-refractivity contribution in [1.29, 1.82) is 0 Å². The van der Waals surface area contributed by atoms with Gasteiger partial charge in [0.05, 0.1) is 24.6 Å². The molecule has 0 saturated carbocycles. The van der Waals surface area contributed by atoms with Crippen molar-refractivity contribution in [2.45, 2.75) is 18.4 Å². The third-order valence-corrected chi connectivity index (χ3v) is 5.29. The van der Waals surface area contributed by atoms with Crippen LogP contribution in [0.5, 0.6) is 0 Å². The van der Waals surface area contributed by atoms with Gasteiger partial charge in [-0.3, -0.25) is 0 Å². The molecule has 22 heavy (non-hydrogen) atoms. The highest BCUT2D eigenvalue weighted by Gasteiger charge is 2.17. The van der Waals surface area contributed by atoms with Crippen LogP contribution < -0.4 is 4.72 Å². The van der Waals surface area contributed by atoms with Gasteiger partial charge >= 0.3 is 0 Å². The van der Waals surface area contributed by atoms with Gasteiger partial charge in [0.2, 0.25) is 10.0 Å². The number of hydrogen-bond donors (Lipinski definition) is 1. The van der Waals surface area contributed by atoms with E-state index in [1.54, 1.807) is 0 Å². The molecule has 3 rings (SSSR count). The highest BCUT2D eigenvalue weighted by atomic mass is 32.2. The average molecular weight is 334 g/mol. The summed E-state index contributed by atoms with van der Waals surface area (Å²) in [5, 5.41) is 6.72. The van der Waals surface area contributed by atoms with Gasteiger partial charge in [-0.15, -0.1) is 11.3 Å². The van der Waals surface area contributed by atoms with Gasteiger partial charge in [0.15, 0.2) is 0 Å². The summed E-state index contributed by atoms with van der Waals surface area (Å²) in [7, 11) is -3.60. The quantitative estimate of drug-likeness (QED) is 0.775. The molecule has 1 N–H and O–H groups in total. The molecule has 0 spiro atoms. The highest BCUT2D eigenvalue weighted by Crippen LogP contribution is 2.13. The number of para-hydroxylation sites is 1. The second-order valence-electron chi connectivity index (χ2n) is 4.66. The molecule has 8 heteroatoms. The third-order valence-electron chi connectivity index (χ3n) is 2.97. The first kappa shape index (κ1) is 14.9. The van der Waals surface area contributed by atoms with Gasteiger partial charge in [-0.25, -0.2) is 22.8 Å². The fourth-order valence-electron chi connectivity index (χ4n) is 1.89.